The molecule has 0 saturated carbocycles. The molecule has 29 heavy (non-hydrogen) atoms. The van der Waals surface area contributed by atoms with Crippen LogP contribution in [-0.2, 0) is 9.59 Å². The predicted octanol–water partition coefficient (Wildman–Crippen LogP) is 4.28. The molecule has 0 saturated heterocycles. The zero-order valence-corrected chi connectivity index (χ0v) is 17.0. The summed E-state index contributed by atoms with van der Waals surface area (Å²) < 4.78 is 0. The molecule has 2 aromatic carbocycles. The van der Waals surface area contributed by atoms with Gasteiger partial charge in [0.1, 0.15) is 0 Å². The first-order chi connectivity index (χ1) is 13.8. The van der Waals surface area contributed by atoms with Crippen LogP contribution in [0.1, 0.15) is 17.5 Å². The van der Waals surface area contributed by atoms with Crippen molar-refractivity contribution in [3.05, 3.63) is 70.8 Å². The second-order valence-electron chi connectivity index (χ2n) is 6.31. The number of nitrogens with zero attached hydrogens (tertiary/aromatic N) is 1. The van der Waals surface area contributed by atoms with Crippen LogP contribution in [0.25, 0.3) is 11.6 Å². The molecule has 1 aliphatic heterocycles. The average Bonchev–Trinajstić information content (AvgIpc) is 2.80. The number of nitrogens with one attached hydrogen (secondary N) is 1. The van der Waals surface area contributed by atoms with E-state index in [2.05, 4.69) is 53.7 Å². The van der Waals surface area contributed by atoms with Gasteiger partial charge in [0.05, 0.1) is 0 Å². The molecule has 6 nitrogen and oxygen atoms in total. The van der Waals surface area contributed by atoms with Crippen LogP contribution >= 0.6 is 11.6 Å². The van der Waals surface area contributed by atoms with Crippen LogP contribution < -0.4 is 10.2 Å². The molecule has 1 aliphatic rings. The summed E-state index contributed by atoms with van der Waals surface area (Å²) in [6.07, 6.45) is 4.40. The van der Waals surface area contributed by atoms with Crippen molar-refractivity contribution < 1.29 is 19.8 Å². The van der Waals surface area contributed by atoms with E-state index in [1.165, 1.54) is 22.4 Å². The molecule has 3 N–H and O–H groups in total. The molecular weight excluding hydrogens is 392 g/mol. The number of carbonyl (C=O) groups is 2. The van der Waals surface area contributed by atoms with E-state index < -0.39 is 11.9 Å². The molecule has 0 spiro atoms. The molecular formula is C22H23ClN2O4. The highest BCUT2D eigenvalue weighted by Gasteiger charge is 2.19. The van der Waals surface area contributed by atoms with Gasteiger partial charge in [-0.15, -0.1) is 0 Å². The second-order valence-corrected chi connectivity index (χ2v) is 6.75. The Bertz CT molecular complexity index is 938. The highest BCUT2D eigenvalue weighted by atomic mass is 35.5. The number of rotatable bonds is 5. The monoisotopic (exact) mass is 414 g/mol. The van der Waals surface area contributed by atoms with E-state index in [-0.39, 0.29) is 0 Å². The number of para-hydroxylation sites is 1. The van der Waals surface area contributed by atoms with E-state index in [4.69, 9.17) is 21.8 Å². The van der Waals surface area contributed by atoms with Gasteiger partial charge in [0, 0.05) is 41.2 Å². The van der Waals surface area contributed by atoms with E-state index in [1.54, 1.807) is 0 Å². The third kappa shape index (κ3) is 6.20. The van der Waals surface area contributed by atoms with Crippen molar-refractivity contribution >= 4 is 46.6 Å². The fourth-order valence-electron chi connectivity index (χ4n) is 2.97. The molecule has 0 atom stereocenters. The largest absolute Gasteiger partial charge is 0.478 e. The third-order valence-electron chi connectivity index (χ3n) is 4.31. The van der Waals surface area contributed by atoms with Crippen molar-refractivity contribution in [3.8, 4) is 0 Å². The Balaban J connectivity index is 0.000000321. The van der Waals surface area contributed by atoms with Gasteiger partial charge in [0.15, 0.2) is 0 Å². The number of carboxylic acids is 2. The standard InChI is InChI=1S/C18H19ClN2.C4H4O4/c1-20-10-9-13-11-14-5-3-4-6-17(14)21(2)18-12-15(19)7-8-16(13)18;5-3(6)1-2-4(7)8/h3-8,11-12,20H,9-10H2,1-2H3;1-2H,(H,5,6)(H,7,8). The van der Waals surface area contributed by atoms with Crippen LogP contribution in [-0.4, -0.2) is 42.8 Å². The second kappa shape index (κ2) is 10.5. The topological polar surface area (TPSA) is 89.9 Å². The quantitative estimate of drug-likeness (QED) is 0.632. The summed E-state index contributed by atoms with van der Waals surface area (Å²) in [6.45, 7) is 0.958. The molecule has 0 aromatic heterocycles. The average molecular weight is 415 g/mol. The Labute approximate surface area is 174 Å². The van der Waals surface area contributed by atoms with Crippen LogP contribution in [0.2, 0.25) is 5.02 Å². The SMILES string of the molecule is CNCCC1=Cc2ccccc2N(C)c2cc(Cl)ccc21.O=C(O)C=CC(=O)O. The number of halogens is 1. The van der Waals surface area contributed by atoms with Gasteiger partial charge in [0.2, 0.25) is 0 Å². The molecule has 0 unspecified atom stereocenters. The number of hydrogen-bond donors (Lipinski definition) is 3. The molecule has 0 aliphatic carbocycles. The molecule has 2 aromatic rings. The number of aliphatic carboxylic acids is 2. The van der Waals surface area contributed by atoms with Crippen LogP contribution in [0.4, 0.5) is 11.4 Å². The Morgan fingerprint density at radius 2 is 1.72 bits per heavy atom. The molecule has 7 heteroatoms. The van der Waals surface area contributed by atoms with Gasteiger partial charge in [-0.2, -0.15) is 0 Å². The van der Waals surface area contributed by atoms with Gasteiger partial charge < -0.3 is 20.4 Å². The maximum atomic E-state index is 9.55. The highest BCUT2D eigenvalue weighted by Crippen LogP contribution is 2.40. The van der Waals surface area contributed by atoms with E-state index in [0.717, 1.165) is 23.7 Å². The van der Waals surface area contributed by atoms with Gasteiger partial charge in [-0.1, -0.05) is 35.9 Å². The molecule has 0 bridgehead atoms. The number of carboxylic acid groups (broad SMARTS) is 2. The summed E-state index contributed by atoms with van der Waals surface area (Å²) in [6, 6.07) is 14.6. The number of anilines is 2. The van der Waals surface area contributed by atoms with E-state index in [0.29, 0.717) is 12.2 Å². The van der Waals surface area contributed by atoms with E-state index in [9.17, 15) is 9.59 Å². The summed E-state index contributed by atoms with van der Waals surface area (Å²) in [5, 5.41) is 19.6. The van der Waals surface area contributed by atoms with E-state index >= 15 is 0 Å². The zero-order chi connectivity index (χ0) is 21.4. The first kappa shape index (κ1) is 22.2. The van der Waals surface area contributed by atoms with Gasteiger partial charge in [-0.25, -0.2) is 9.59 Å². The molecule has 0 amide bonds. The minimum absolute atomic E-state index is 0.558. The fraction of sp³-hybridized carbons (Fsp3) is 0.182. The van der Waals surface area contributed by atoms with Gasteiger partial charge in [-0.3, -0.25) is 0 Å². The predicted molar refractivity (Wildman–Crippen MR) is 117 cm³/mol. The first-order valence-electron chi connectivity index (χ1n) is 8.95. The summed E-state index contributed by atoms with van der Waals surface area (Å²) >= 11 is 6.22. The number of benzene rings is 2. The van der Waals surface area contributed by atoms with Crippen molar-refractivity contribution in [2.45, 2.75) is 6.42 Å². The van der Waals surface area contributed by atoms with Gasteiger partial charge >= 0.3 is 11.9 Å². The number of fused-ring (bicyclic) bond motifs is 2. The lowest BCUT2D eigenvalue weighted by atomic mass is 9.99. The highest BCUT2D eigenvalue weighted by molar-refractivity contribution is 6.31. The lowest BCUT2D eigenvalue weighted by molar-refractivity contribution is -0.134. The Kier molecular flexibility index (Phi) is 8.00. The summed E-state index contributed by atoms with van der Waals surface area (Å²) in [5.41, 5.74) is 6.22. The minimum atomic E-state index is -1.26. The van der Waals surface area contributed by atoms with Gasteiger partial charge in [-0.05, 0) is 55.4 Å². The van der Waals surface area contributed by atoms with E-state index in [1.807, 2.05) is 19.2 Å². The maximum Gasteiger partial charge on any atom is 0.328 e. The molecule has 0 fully saturated rings. The Morgan fingerprint density at radius 1 is 1.07 bits per heavy atom. The van der Waals surface area contributed by atoms with Gasteiger partial charge in [0.25, 0.3) is 0 Å². The summed E-state index contributed by atoms with van der Waals surface area (Å²) in [7, 11) is 4.09. The van der Waals surface area contributed by atoms with Crippen molar-refractivity contribution in [2.75, 3.05) is 25.5 Å². The molecule has 152 valence electrons. The van der Waals surface area contributed by atoms with Crippen molar-refractivity contribution in [1.82, 2.24) is 5.32 Å². The van der Waals surface area contributed by atoms with Crippen LogP contribution in [0.3, 0.4) is 0 Å². The molecule has 1 heterocycles. The fourth-order valence-corrected chi connectivity index (χ4v) is 3.14. The smallest absolute Gasteiger partial charge is 0.328 e. The summed E-state index contributed by atoms with van der Waals surface area (Å²) in [5.74, 6) is -2.51. The normalized spacial score (nSPS) is 12.2. The number of hydrogen-bond acceptors (Lipinski definition) is 4. The molecule has 0 radical (unpaired) electrons. The lowest BCUT2D eigenvalue weighted by Crippen LogP contribution is -2.12. The first-order valence-corrected chi connectivity index (χ1v) is 9.33. The van der Waals surface area contributed by atoms with Crippen LogP contribution in [0.15, 0.2) is 54.6 Å². The van der Waals surface area contributed by atoms with Crippen molar-refractivity contribution in [3.63, 3.8) is 0 Å². The Hall–Kier alpha value is -3.09. The zero-order valence-electron chi connectivity index (χ0n) is 16.2. The van der Waals surface area contributed by atoms with Crippen LogP contribution in [0, 0.1) is 0 Å². The van der Waals surface area contributed by atoms with Crippen molar-refractivity contribution in [1.29, 1.82) is 0 Å². The maximum absolute atomic E-state index is 9.55. The molecule has 3 rings (SSSR count). The lowest BCUT2D eigenvalue weighted by Gasteiger charge is -2.22. The minimum Gasteiger partial charge on any atom is -0.478 e. The van der Waals surface area contributed by atoms with Crippen molar-refractivity contribution in [2.24, 2.45) is 0 Å². The summed E-state index contributed by atoms with van der Waals surface area (Å²) in [4.78, 5) is 21.3. The Morgan fingerprint density at radius 3 is 2.34 bits per heavy atom. The van der Waals surface area contributed by atoms with Crippen LogP contribution in [0.5, 0.6) is 0 Å². The third-order valence-corrected chi connectivity index (χ3v) is 4.54.